The smallest absolute Gasteiger partial charge is 0.294 e. The van der Waals surface area contributed by atoms with Gasteiger partial charge in [0.25, 0.3) is 10.1 Å². The molecule has 0 aliphatic rings. The Kier molecular flexibility index (Phi) is 6.92. The van der Waals surface area contributed by atoms with Crippen LogP contribution in [0.1, 0.15) is 30.9 Å². The molecule has 2 rings (SSSR count). The lowest BCUT2D eigenvalue weighted by Crippen LogP contribution is -2.12. The Bertz CT molecular complexity index is 920. The van der Waals surface area contributed by atoms with Crippen molar-refractivity contribution >= 4 is 32.7 Å². The normalized spacial score (nSPS) is 11.7. The fraction of sp³-hybridized carbons (Fsp3) is 0.333. The summed E-state index contributed by atoms with van der Waals surface area (Å²) in [7, 11) is -4.34. The molecule has 0 fully saturated rings. The van der Waals surface area contributed by atoms with E-state index in [9.17, 15) is 22.5 Å². The summed E-state index contributed by atoms with van der Waals surface area (Å²) in [4.78, 5) is -0.140. The van der Waals surface area contributed by atoms with Crippen LogP contribution in [0.25, 0.3) is 0 Å². The molecule has 6 nitrogen and oxygen atoms in total. The average molecular weight is 510 g/mol. The van der Waals surface area contributed by atoms with Crippen molar-refractivity contribution in [2.24, 2.45) is 0 Å². The third-order valence-corrected chi connectivity index (χ3v) is 5.49. The van der Waals surface area contributed by atoms with Gasteiger partial charge in [-0.15, -0.1) is 0 Å². The Morgan fingerprint density at radius 2 is 1.78 bits per heavy atom. The van der Waals surface area contributed by atoms with E-state index >= 15 is 0 Å². The van der Waals surface area contributed by atoms with E-state index < -0.39 is 15.9 Å². The number of aromatic hydroxyl groups is 1. The van der Waals surface area contributed by atoms with Crippen molar-refractivity contribution in [2.75, 3.05) is 13.2 Å². The summed E-state index contributed by atoms with van der Waals surface area (Å²) in [5.41, 5.74) is 0.982. The average Bonchev–Trinajstić information content (AvgIpc) is 2.52. The number of aryl methyl sites for hydroxylation is 1. The third kappa shape index (κ3) is 5.45. The van der Waals surface area contributed by atoms with Gasteiger partial charge in [0.05, 0.1) is 8.47 Å². The van der Waals surface area contributed by atoms with Crippen LogP contribution >= 0.6 is 22.6 Å². The lowest BCUT2D eigenvalue weighted by atomic mass is 10.0. The number of phenols is 1. The van der Waals surface area contributed by atoms with Gasteiger partial charge in [-0.2, -0.15) is 8.42 Å². The standard InChI is InChI=1S/C18H20FIO6S/c1-10(2)13-9-16(11(3)6-17(13)27(22,23)24)25-4-5-26-18-14(19)7-12(21)8-15(18)20/h6-10,21H,4-5H2,1-3H3,(H,22,23,24). The molecule has 0 aliphatic heterocycles. The number of ether oxygens (including phenoxy) is 2. The van der Waals surface area contributed by atoms with Gasteiger partial charge in [-0.1, -0.05) is 13.8 Å². The lowest BCUT2D eigenvalue weighted by molar-refractivity contribution is 0.209. The molecule has 0 amide bonds. The Hall–Kier alpha value is -1.59. The molecule has 0 aliphatic carbocycles. The molecule has 0 aromatic heterocycles. The minimum absolute atomic E-state index is 0.0262. The lowest BCUT2D eigenvalue weighted by Gasteiger charge is -2.16. The van der Waals surface area contributed by atoms with Crippen molar-refractivity contribution < 1.29 is 31.9 Å². The summed E-state index contributed by atoms with van der Waals surface area (Å²) in [6.45, 7) is 5.43. The van der Waals surface area contributed by atoms with Crippen LogP contribution in [0.5, 0.6) is 17.2 Å². The molecule has 0 spiro atoms. The van der Waals surface area contributed by atoms with Crippen LogP contribution < -0.4 is 9.47 Å². The highest BCUT2D eigenvalue weighted by Crippen LogP contribution is 2.32. The Morgan fingerprint density at radius 1 is 1.15 bits per heavy atom. The van der Waals surface area contributed by atoms with E-state index in [-0.39, 0.29) is 35.5 Å². The molecule has 0 saturated carbocycles. The first kappa shape index (κ1) is 21.7. The predicted molar refractivity (Wildman–Crippen MR) is 107 cm³/mol. The van der Waals surface area contributed by atoms with E-state index in [2.05, 4.69) is 0 Å². The summed E-state index contributed by atoms with van der Waals surface area (Å²) in [5.74, 6) is -0.519. The zero-order valence-electron chi connectivity index (χ0n) is 15.0. The van der Waals surface area contributed by atoms with Crippen molar-refractivity contribution in [3.8, 4) is 17.2 Å². The molecule has 0 bridgehead atoms. The molecule has 0 heterocycles. The Balaban J connectivity index is 2.12. The van der Waals surface area contributed by atoms with Crippen LogP contribution in [0.2, 0.25) is 0 Å². The summed E-state index contributed by atoms with van der Waals surface area (Å²) in [6, 6.07) is 5.29. The highest BCUT2D eigenvalue weighted by Gasteiger charge is 2.20. The maximum absolute atomic E-state index is 13.8. The van der Waals surface area contributed by atoms with Gasteiger partial charge in [0.15, 0.2) is 11.6 Å². The fourth-order valence-electron chi connectivity index (χ4n) is 2.49. The van der Waals surface area contributed by atoms with Crippen LogP contribution in [-0.4, -0.2) is 31.3 Å². The molecule has 2 aromatic carbocycles. The third-order valence-electron chi connectivity index (χ3n) is 3.78. The second kappa shape index (κ2) is 8.61. The number of hydrogen-bond donors (Lipinski definition) is 2. The van der Waals surface area contributed by atoms with E-state index in [1.807, 2.05) is 36.4 Å². The molecule has 9 heteroatoms. The van der Waals surface area contributed by atoms with Crippen molar-refractivity contribution in [3.63, 3.8) is 0 Å². The number of halogens is 2. The first-order chi connectivity index (χ1) is 12.5. The van der Waals surface area contributed by atoms with E-state index in [1.165, 1.54) is 12.1 Å². The van der Waals surface area contributed by atoms with Crippen LogP contribution in [0.3, 0.4) is 0 Å². The van der Waals surface area contributed by atoms with E-state index in [0.717, 1.165) is 6.07 Å². The molecule has 2 N–H and O–H groups in total. The monoisotopic (exact) mass is 510 g/mol. The largest absolute Gasteiger partial charge is 0.508 e. The maximum atomic E-state index is 13.8. The molecule has 0 saturated heterocycles. The quantitative estimate of drug-likeness (QED) is 0.329. The van der Waals surface area contributed by atoms with Gasteiger partial charge in [0.2, 0.25) is 0 Å². The number of phenolic OH excluding ortho intramolecular Hbond substituents is 1. The van der Waals surface area contributed by atoms with Crippen LogP contribution in [0.4, 0.5) is 4.39 Å². The molecular weight excluding hydrogens is 490 g/mol. The number of hydrogen-bond acceptors (Lipinski definition) is 5. The van der Waals surface area contributed by atoms with Crippen LogP contribution in [0.15, 0.2) is 29.2 Å². The molecule has 0 atom stereocenters. The Labute approximate surface area is 171 Å². The highest BCUT2D eigenvalue weighted by molar-refractivity contribution is 14.1. The summed E-state index contributed by atoms with van der Waals surface area (Å²) < 4.78 is 57.8. The van der Waals surface area contributed by atoms with Crippen molar-refractivity contribution in [1.29, 1.82) is 0 Å². The number of rotatable bonds is 7. The first-order valence-corrected chi connectivity index (χ1v) is 10.6. The molecule has 27 heavy (non-hydrogen) atoms. The van der Waals surface area contributed by atoms with Crippen LogP contribution in [-0.2, 0) is 10.1 Å². The first-order valence-electron chi connectivity index (χ1n) is 8.06. The van der Waals surface area contributed by atoms with E-state index in [4.69, 9.17) is 9.47 Å². The van der Waals surface area contributed by atoms with Crippen molar-refractivity contribution in [1.82, 2.24) is 0 Å². The van der Waals surface area contributed by atoms with Gasteiger partial charge < -0.3 is 14.6 Å². The topological polar surface area (TPSA) is 93.1 Å². The van der Waals surface area contributed by atoms with Crippen molar-refractivity contribution in [2.45, 2.75) is 31.6 Å². The minimum Gasteiger partial charge on any atom is -0.508 e. The summed E-state index contributed by atoms with van der Waals surface area (Å²) >= 11 is 1.86. The predicted octanol–water partition coefficient (Wildman–Crippen LogP) is 4.27. The van der Waals surface area contributed by atoms with Gasteiger partial charge in [-0.05, 0) is 64.8 Å². The van der Waals surface area contributed by atoms with Gasteiger partial charge in [0.1, 0.15) is 24.7 Å². The molecule has 148 valence electrons. The van der Waals surface area contributed by atoms with Gasteiger partial charge in [0, 0.05) is 6.07 Å². The molecule has 0 radical (unpaired) electrons. The highest BCUT2D eigenvalue weighted by atomic mass is 127. The zero-order chi connectivity index (χ0) is 20.4. The fourth-order valence-corrected chi connectivity index (χ4v) is 4.14. The summed E-state index contributed by atoms with van der Waals surface area (Å²) in [5, 5.41) is 9.33. The maximum Gasteiger partial charge on any atom is 0.294 e. The second-order valence-electron chi connectivity index (χ2n) is 6.22. The van der Waals surface area contributed by atoms with Gasteiger partial charge in [-0.25, -0.2) is 4.39 Å². The SMILES string of the molecule is Cc1cc(S(=O)(=O)O)c(C(C)C)cc1OCCOc1c(F)cc(O)cc1I. The molecule has 0 unspecified atom stereocenters. The number of benzene rings is 2. The second-order valence-corrected chi connectivity index (χ2v) is 8.77. The molecular formula is C18H20FIO6S. The molecule has 2 aromatic rings. The summed E-state index contributed by atoms with van der Waals surface area (Å²) in [6.07, 6.45) is 0. The van der Waals surface area contributed by atoms with Crippen molar-refractivity contribution in [3.05, 3.63) is 44.8 Å². The van der Waals surface area contributed by atoms with Crippen LogP contribution in [0, 0.1) is 16.3 Å². The van der Waals surface area contributed by atoms with E-state index in [0.29, 0.717) is 20.4 Å². The van der Waals surface area contributed by atoms with E-state index in [1.54, 1.807) is 13.0 Å². The minimum atomic E-state index is -4.34. The Morgan fingerprint density at radius 3 is 2.33 bits per heavy atom. The van der Waals surface area contributed by atoms with Gasteiger partial charge >= 0.3 is 0 Å². The van der Waals surface area contributed by atoms with Gasteiger partial charge in [-0.3, -0.25) is 4.55 Å². The zero-order valence-corrected chi connectivity index (χ0v) is 18.0.